The maximum absolute atomic E-state index is 3.74. The van der Waals surface area contributed by atoms with Gasteiger partial charge in [0.25, 0.3) is 0 Å². The van der Waals surface area contributed by atoms with Crippen LogP contribution in [0.5, 0.6) is 0 Å². The second-order valence-electron chi connectivity index (χ2n) is 4.74. The molecule has 2 atom stereocenters. The van der Waals surface area contributed by atoms with Crippen molar-refractivity contribution in [3.63, 3.8) is 0 Å². The van der Waals surface area contributed by atoms with Gasteiger partial charge < -0.3 is 10.2 Å². The van der Waals surface area contributed by atoms with Gasteiger partial charge >= 0.3 is 0 Å². The lowest BCUT2D eigenvalue weighted by atomic mass is 10.1. The van der Waals surface area contributed by atoms with E-state index in [1.165, 1.54) is 50.4 Å². The molecule has 2 fully saturated rings. The van der Waals surface area contributed by atoms with Crippen LogP contribution in [-0.4, -0.2) is 49.1 Å². The second-order valence-corrected chi connectivity index (χ2v) is 5.89. The first-order valence-corrected chi connectivity index (χ1v) is 7.00. The number of likely N-dealkylation sites (tertiary alicyclic amines) is 1. The molecule has 0 aromatic carbocycles. The smallest absolute Gasteiger partial charge is 0.0158 e. The number of nitrogens with one attached hydrogen (secondary N) is 1. The van der Waals surface area contributed by atoms with Crippen molar-refractivity contribution < 1.29 is 0 Å². The van der Waals surface area contributed by atoms with Crippen molar-refractivity contribution in [3.05, 3.63) is 0 Å². The van der Waals surface area contributed by atoms with E-state index in [0.717, 1.165) is 12.0 Å². The first-order chi connectivity index (χ1) is 6.84. The molecule has 14 heavy (non-hydrogen) atoms. The number of hydrogen-bond donors (Lipinski definition) is 1. The lowest BCUT2D eigenvalue weighted by molar-refractivity contribution is 0.377. The van der Waals surface area contributed by atoms with E-state index in [9.17, 15) is 0 Å². The van der Waals surface area contributed by atoms with Gasteiger partial charge in [-0.2, -0.15) is 11.8 Å². The number of thioether (sulfide) groups is 1. The molecule has 2 aliphatic rings. The zero-order valence-electron chi connectivity index (χ0n) is 9.17. The van der Waals surface area contributed by atoms with Crippen molar-refractivity contribution in [2.75, 3.05) is 38.2 Å². The third-order valence-corrected chi connectivity index (χ3v) is 4.56. The van der Waals surface area contributed by atoms with Gasteiger partial charge in [-0.1, -0.05) is 0 Å². The van der Waals surface area contributed by atoms with Crippen LogP contribution in [0.3, 0.4) is 0 Å². The van der Waals surface area contributed by atoms with Crippen molar-refractivity contribution in [1.82, 2.24) is 10.2 Å². The summed E-state index contributed by atoms with van der Waals surface area (Å²) in [6.45, 7) is 3.84. The molecule has 2 aliphatic heterocycles. The fraction of sp³-hybridized carbons (Fsp3) is 1.00. The minimum Gasteiger partial charge on any atom is -0.313 e. The van der Waals surface area contributed by atoms with Crippen LogP contribution in [0.2, 0.25) is 0 Å². The normalized spacial score (nSPS) is 34.9. The summed E-state index contributed by atoms with van der Waals surface area (Å²) in [5.74, 6) is 3.62. The van der Waals surface area contributed by atoms with Gasteiger partial charge in [0.15, 0.2) is 0 Å². The van der Waals surface area contributed by atoms with Crippen LogP contribution in [0.1, 0.15) is 19.3 Å². The van der Waals surface area contributed by atoms with Gasteiger partial charge in [-0.25, -0.2) is 0 Å². The largest absolute Gasteiger partial charge is 0.313 e. The predicted octanol–water partition coefficient (Wildman–Crippen LogP) is 1.42. The SMILES string of the molecule is CN1CCC(CNC2CCCSC2)C1. The molecule has 2 heterocycles. The second kappa shape index (κ2) is 5.38. The molecule has 0 spiro atoms. The molecule has 0 aromatic heterocycles. The Morgan fingerprint density at radius 1 is 1.43 bits per heavy atom. The Bertz CT molecular complexity index is 164. The molecule has 82 valence electrons. The quantitative estimate of drug-likeness (QED) is 0.765. The van der Waals surface area contributed by atoms with Gasteiger partial charge in [0.05, 0.1) is 0 Å². The predicted molar refractivity (Wildman–Crippen MR) is 64.0 cm³/mol. The fourth-order valence-corrected chi connectivity index (χ4v) is 3.53. The monoisotopic (exact) mass is 214 g/mol. The summed E-state index contributed by atoms with van der Waals surface area (Å²) >= 11 is 2.11. The van der Waals surface area contributed by atoms with E-state index >= 15 is 0 Å². The summed E-state index contributed by atoms with van der Waals surface area (Å²) in [4.78, 5) is 2.45. The maximum atomic E-state index is 3.74. The first-order valence-electron chi connectivity index (χ1n) is 5.84. The molecule has 0 saturated carbocycles. The van der Waals surface area contributed by atoms with Crippen molar-refractivity contribution in [2.24, 2.45) is 5.92 Å². The van der Waals surface area contributed by atoms with Crippen LogP contribution < -0.4 is 5.32 Å². The highest BCUT2D eigenvalue weighted by atomic mass is 32.2. The Balaban J connectivity index is 1.61. The van der Waals surface area contributed by atoms with Gasteiger partial charge in [-0.05, 0) is 51.1 Å². The Kier molecular flexibility index (Phi) is 4.14. The molecule has 0 bridgehead atoms. The fourth-order valence-electron chi connectivity index (χ4n) is 2.43. The van der Waals surface area contributed by atoms with Crippen LogP contribution >= 0.6 is 11.8 Å². The topological polar surface area (TPSA) is 15.3 Å². The standard InChI is InChI=1S/C11H22N2S/c1-13-5-4-10(8-13)7-12-11-3-2-6-14-9-11/h10-12H,2-9H2,1H3. The summed E-state index contributed by atoms with van der Waals surface area (Å²) in [5.41, 5.74) is 0. The van der Waals surface area contributed by atoms with E-state index in [1.807, 2.05) is 0 Å². The van der Waals surface area contributed by atoms with E-state index in [-0.39, 0.29) is 0 Å². The third-order valence-electron chi connectivity index (χ3n) is 3.34. The Morgan fingerprint density at radius 3 is 3.00 bits per heavy atom. The maximum Gasteiger partial charge on any atom is 0.0158 e. The molecule has 2 rings (SSSR count). The van der Waals surface area contributed by atoms with Crippen molar-refractivity contribution in [2.45, 2.75) is 25.3 Å². The Labute approximate surface area is 91.8 Å². The number of rotatable bonds is 3. The zero-order chi connectivity index (χ0) is 9.80. The van der Waals surface area contributed by atoms with E-state index in [2.05, 4.69) is 29.0 Å². The molecular weight excluding hydrogens is 192 g/mol. The highest BCUT2D eigenvalue weighted by molar-refractivity contribution is 7.99. The Morgan fingerprint density at radius 2 is 2.36 bits per heavy atom. The average molecular weight is 214 g/mol. The van der Waals surface area contributed by atoms with Gasteiger partial charge in [0.2, 0.25) is 0 Å². The van der Waals surface area contributed by atoms with Crippen LogP contribution in [0.25, 0.3) is 0 Å². The van der Waals surface area contributed by atoms with Gasteiger partial charge in [0.1, 0.15) is 0 Å². The molecule has 0 radical (unpaired) electrons. The van der Waals surface area contributed by atoms with Gasteiger partial charge in [-0.3, -0.25) is 0 Å². The van der Waals surface area contributed by atoms with Crippen LogP contribution in [0, 0.1) is 5.92 Å². The third kappa shape index (κ3) is 3.14. The molecule has 2 nitrogen and oxygen atoms in total. The summed E-state index contributed by atoms with van der Waals surface area (Å²) in [7, 11) is 2.23. The lowest BCUT2D eigenvalue weighted by Gasteiger charge is -2.24. The summed E-state index contributed by atoms with van der Waals surface area (Å²) in [6, 6.07) is 0.805. The average Bonchev–Trinajstić information content (AvgIpc) is 2.63. The molecule has 0 aliphatic carbocycles. The molecule has 1 N–H and O–H groups in total. The molecule has 0 amide bonds. The zero-order valence-corrected chi connectivity index (χ0v) is 9.98. The summed E-state index contributed by atoms with van der Waals surface area (Å²) < 4.78 is 0. The van der Waals surface area contributed by atoms with E-state index < -0.39 is 0 Å². The molecule has 2 unspecified atom stereocenters. The molecule has 3 heteroatoms. The lowest BCUT2D eigenvalue weighted by Crippen LogP contribution is -2.37. The van der Waals surface area contributed by atoms with Crippen LogP contribution in [-0.2, 0) is 0 Å². The van der Waals surface area contributed by atoms with E-state index in [4.69, 9.17) is 0 Å². The highest BCUT2D eigenvalue weighted by Crippen LogP contribution is 2.18. The van der Waals surface area contributed by atoms with Crippen molar-refractivity contribution >= 4 is 11.8 Å². The van der Waals surface area contributed by atoms with Gasteiger partial charge in [0, 0.05) is 18.3 Å². The number of nitrogens with zero attached hydrogens (tertiary/aromatic N) is 1. The van der Waals surface area contributed by atoms with Crippen molar-refractivity contribution in [3.8, 4) is 0 Å². The number of hydrogen-bond acceptors (Lipinski definition) is 3. The van der Waals surface area contributed by atoms with E-state index in [1.54, 1.807) is 0 Å². The molecular formula is C11H22N2S. The van der Waals surface area contributed by atoms with Crippen LogP contribution in [0.4, 0.5) is 0 Å². The summed E-state index contributed by atoms with van der Waals surface area (Å²) in [5, 5.41) is 3.74. The minimum absolute atomic E-state index is 0.805. The Hall–Kier alpha value is 0.270. The highest BCUT2D eigenvalue weighted by Gasteiger charge is 2.21. The van der Waals surface area contributed by atoms with Crippen molar-refractivity contribution in [1.29, 1.82) is 0 Å². The minimum atomic E-state index is 0.805. The summed E-state index contributed by atoms with van der Waals surface area (Å²) in [6.07, 6.45) is 4.20. The molecule has 0 aromatic rings. The first kappa shape index (κ1) is 10.8. The molecule has 2 saturated heterocycles. The van der Waals surface area contributed by atoms with Gasteiger partial charge in [-0.15, -0.1) is 0 Å². The van der Waals surface area contributed by atoms with E-state index in [0.29, 0.717) is 0 Å². The van der Waals surface area contributed by atoms with Crippen LogP contribution in [0.15, 0.2) is 0 Å².